The Bertz CT molecular complexity index is 402. The molecule has 19 heavy (non-hydrogen) atoms. The van der Waals surface area contributed by atoms with Gasteiger partial charge >= 0.3 is 0 Å². The third-order valence-corrected chi connectivity index (χ3v) is 4.23. The number of unbranched alkanes of at least 4 members (excludes halogenated alkanes) is 1. The Morgan fingerprint density at radius 1 is 1.16 bits per heavy atom. The Kier molecular flexibility index (Phi) is 5.62. The highest BCUT2D eigenvalue weighted by Crippen LogP contribution is 2.29. The van der Waals surface area contributed by atoms with E-state index in [-0.39, 0.29) is 5.82 Å². The zero-order valence-electron chi connectivity index (χ0n) is 12.0. The third-order valence-electron chi connectivity index (χ3n) is 4.23. The van der Waals surface area contributed by atoms with Crippen molar-refractivity contribution in [2.75, 3.05) is 0 Å². The molecule has 104 valence electrons. The fourth-order valence-corrected chi connectivity index (χ4v) is 2.88. The average Bonchev–Trinajstić information content (AvgIpc) is 2.46. The quantitative estimate of drug-likeness (QED) is 0.578. The van der Waals surface area contributed by atoms with E-state index in [2.05, 4.69) is 13.0 Å². The van der Waals surface area contributed by atoms with Crippen LogP contribution >= 0.6 is 0 Å². The molecule has 0 amide bonds. The molecular formula is C18H25F. The SMILES string of the molecule is CCCCC1CC=C(CCc2ccc(F)cc2)CC1. The molecule has 0 bridgehead atoms. The highest BCUT2D eigenvalue weighted by atomic mass is 19.1. The molecule has 0 spiro atoms. The summed E-state index contributed by atoms with van der Waals surface area (Å²) in [7, 11) is 0. The van der Waals surface area contributed by atoms with Crippen molar-refractivity contribution in [3.8, 4) is 0 Å². The molecule has 1 atom stereocenters. The van der Waals surface area contributed by atoms with Crippen LogP contribution in [-0.2, 0) is 6.42 Å². The van der Waals surface area contributed by atoms with Gasteiger partial charge in [0.15, 0.2) is 0 Å². The van der Waals surface area contributed by atoms with Crippen molar-refractivity contribution in [3.05, 3.63) is 47.3 Å². The molecule has 1 aliphatic carbocycles. The maximum atomic E-state index is 12.8. The highest BCUT2D eigenvalue weighted by molar-refractivity contribution is 5.18. The van der Waals surface area contributed by atoms with E-state index in [1.54, 1.807) is 17.7 Å². The monoisotopic (exact) mass is 260 g/mol. The summed E-state index contributed by atoms with van der Waals surface area (Å²) < 4.78 is 12.8. The van der Waals surface area contributed by atoms with E-state index < -0.39 is 0 Å². The van der Waals surface area contributed by atoms with Crippen molar-refractivity contribution in [1.82, 2.24) is 0 Å². The van der Waals surface area contributed by atoms with E-state index in [9.17, 15) is 4.39 Å². The van der Waals surface area contributed by atoms with Gasteiger partial charge in [-0.05, 0) is 55.7 Å². The second kappa shape index (κ2) is 7.47. The third kappa shape index (κ3) is 4.81. The number of allylic oxidation sites excluding steroid dienone is 2. The van der Waals surface area contributed by atoms with Crippen LogP contribution in [0.1, 0.15) is 57.4 Å². The zero-order valence-corrected chi connectivity index (χ0v) is 12.0. The molecule has 2 rings (SSSR count). The van der Waals surface area contributed by atoms with Crippen molar-refractivity contribution >= 4 is 0 Å². The summed E-state index contributed by atoms with van der Waals surface area (Å²) in [5.74, 6) is 0.786. The molecule has 1 aromatic rings. The molecule has 0 radical (unpaired) electrons. The van der Waals surface area contributed by atoms with Crippen molar-refractivity contribution in [1.29, 1.82) is 0 Å². The number of hydrogen-bond acceptors (Lipinski definition) is 0. The molecule has 1 aliphatic rings. The molecule has 0 aliphatic heterocycles. The first-order valence-corrected chi connectivity index (χ1v) is 7.70. The fraction of sp³-hybridized carbons (Fsp3) is 0.556. The summed E-state index contributed by atoms with van der Waals surface area (Å²) in [6.45, 7) is 2.27. The number of benzene rings is 1. The Balaban J connectivity index is 1.75. The van der Waals surface area contributed by atoms with E-state index >= 15 is 0 Å². The molecule has 0 aromatic heterocycles. The first kappa shape index (κ1) is 14.3. The Morgan fingerprint density at radius 2 is 1.95 bits per heavy atom. The second-order valence-electron chi connectivity index (χ2n) is 5.77. The number of hydrogen-bond donors (Lipinski definition) is 0. The molecule has 0 saturated heterocycles. The lowest BCUT2D eigenvalue weighted by Gasteiger charge is -2.21. The van der Waals surface area contributed by atoms with Crippen LogP contribution in [0.4, 0.5) is 4.39 Å². The van der Waals surface area contributed by atoms with Gasteiger partial charge in [0.25, 0.3) is 0 Å². The highest BCUT2D eigenvalue weighted by Gasteiger charge is 2.13. The standard InChI is InChI=1S/C18H25F/c1-2-3-4-15-5-7-16(8-6-15)9-10-17-11-13-18(19)14-12-17/h7,11-15H,2-6,8-10H2,1H3. The van der Waals surface area contributed by atoms with E-state index in [0.717, 1.165) is 18.8 Å². The van der Waals surface area contributed by atoms with Gasteiger partial charge in [-0.25, -0.2) is 4.39 Å². The van der Waals surface area contributed by atoms with Crippen molar-refractivity contribution < 1.29 is 4.39 Å². The van der Waals surface area contributed by atoms with Crippen LogP contribution in [0.5, 0.6) is 0 Å². The maximum Gasteiger partial charge on any atom is 0.123 e. The predicted molar refractivity (Wildman–Crippen MR) is 79.7 cm³/mol. The van der Waals surface area contributed by atoms with Gasteiger partial charge in [0.2, 0.25) is 0 Å². The number of rotatable bonds is 6. The summed E-state index contributed by atoms with van der Waals surface area (Å²) in [5, 5.41) is 0. The lowest BCUT2D eigenvalue weighted by Crippen LogP contribution is -2.06. The molecule has 0 heterocycles. The zero-order chi connectivity index (χ0) is 13.5. The van der Waals surface area contributed by atoms with Gasteiger partial charge in [0.1, 0.15) is 5.82 Å². The molecule has 1 unspecified atom stereocenters. The molecule has 0 nitrogen and oxygen atoms in total. The first-order valence-electron chi connectivity index (χ1n) is 7.70. The Labute approximate surface area is 116 Å². The van der Waals surface area contributed by atoms with Crippen molar-refractivity contribution in [2.24, 2.45) is 5.92 Å². The fourth-order valence-electron chi connectivity index (χ4n) is 2.88. The average molecular weight is 260 g/mol. The second-order valence-corrected chi connectivity index (χ2v) is 5.77. The van der Waals surface area contributed by atoms with Crippen LogP contribution in [0.3, 0.4) is 0 Å². The van der Waals surface area contributed by atoms with Gasteiger partial charge in [0.05, 0.1) is 0 Å². The minimum atomic E-state index is -0.139. The van der Waals surface area contributed by atoms with Crippen molar-refractivity contribution in [3.63, 3.8) is 0 Å². The summed E-state index contributed by atoms with van der Waals surface area (Å²) >= 11 is 0. The lowest BCUT2D eigenvalue weighted by atomic mass is 9.84. The topological polar surface area (TPSA) is 0 Å². The molecular weight excluding hydrogens is 235 g/mol. The Hall–Kier alpha value is -1.11. The summed E-state index contributed by atoms with van der Waals surface area (Å²) in [4.78, 5) is 0. The minimum absolute atomic E-state index is 0.139. The summed E-state index contributed by atoms with van der Waals surface area (Å²) in [5.41, 5.74) is 2.85. The molecule has 0 N–H and O–H groups in total. The summed E-state index contributed by atoms with van der Waals surface area (Å²) in [6, 6.07) is 6.93. The smallest absolute Gasteiger partial charge is 0.123 e. The van der Waals surface area contributed by atoms with Gasteiger partial charge in [-0.15, -0.1) is 0 Å². The molecule has 0 fully saturated rings. The van der Waals surface area contributed by atoms with E-state index in [4.69, 9.17) is 0 Å². The number of halogens is 1. The van der Waals surface area contributed by atoms with Crippen LogP contribution in [-0.4, -0.2) is 0 Å². The van der Waals surface area contributed by atoms with Crippen LogP contribution in [0, 0.1) is 11.7 Å². The van der Waals surface area contributed by atoms with Crippen LogP contribution in [0.2, 0.25) is 0 Å². The molecule has 0 saturated carbocycles. The largest absolute Gasteiger partial charge is 0.207 e. The van der Waals surface area contributed by atoms with E-state index in [0.29, 0.717) is 0 Å². The van der Waals surface area contributed by atoms with Gasteiger partial charge in [-0.2, -0.15) is 0 Å². The van der Waals surface area contributed by atoms with Gasteiger partial charge in [0, 0.05) is 0 Å². The van der Waals surface area contributed by atoms with Crippen LogP contribution < -0.4 is 0 Å². The predicted octanol–water partition coefficient (Wildman–Crippen LogP) is 5.68. The first-order chi connectivity index (χ1) is 9.28. The molecule has 1 heteroatoms. The number of aryl methyl sites for hydroxylation is 1. The van der Waals surface area contributed by atoms with E-state index in [1.165, 1.54) is 44.1 Å². The summed E-state index contributed by atoms with van der Waals surface area (Å²) in [6.07, 6.45) is 12.7. The van der Waals surface area contributed by atoms with Gasteiger partial charge in [-0.1, -0.05) is 50.0 Å². The van der Waals surface area contributed by atoms with Crippen molar-refractivity contribution in [2.45, 2.75) is 58.3 Å². The van der Waals surface area contributed by atoms with Gasteiger partial charge < -0.3 is 0 Å². The van der Waals surface area contributed by atoms with Crippen LogP contribution in [0.25, 0.3) is 0 Å². The Morgan fingerprint density at radius 3 is 2.58 bits per heavy atom. The maximum absolute atomic E-state index is 12.8. The van der Waals surface area contributed by atoms with Gasteiger partial charge in [-0.3, -0.25) is 0 Å². The normalized spacial score (nSPS) is 19.3. The van der Waals surface area contributed by atoms with E-state index in [1.807, 2.05) is 12.1 Å². The lowest BCUT2D eigenvalue weighted by molar-refractivity contribution is 0.418. The molecule has 1 aromatic carbocycles. The van der Waals surface area contributed by atoms with Crippen LogP contribution in [0.15, 0.2) is 35.9 Å². The minimum Gasteiger partial charge on any atom is -0.207 e.